The van der Waals surface area contributed by atoms with E-state index in [1.807, 2.05) is 55.5 Å². The van der Waals surface area contributed by atoms with Crippen LogP contribution in [0, 0.1) is 6.92 Å². The molecule has 150 valence electrons. The summed E-state index contributed by atoms with van der Waals surface area (Å²) in [5.74, 6) is 0.847. The van der Waals surface area contributed by atoms with Crippen LogP contribution in [-0.4, -0.2) is 46.1 Å². The molecule has 2 heterocycles. The number of benzene rings is 2. The van der Waals surface area contributed by atoms with E-state index in [1.165, 1.54) is 0 Å². The number of rotatable bonds is 5. The molecule has 2 aromatic carbocycles. The summed E-state index contributed by atoms with van der Waals surface area (Å²) in [7, 11) is 0. The van der Waals surface area contributed by atoms with E-state index in [4.69, 9.17) is 4.74 Å². The Labute approximate surface area is 169 Å². The highest BCUT2D eigenvalue weighted by molar-refractivity contribution is 5.82. The Balaban J connectivity index is 1.29. The number of aromatic nitrogens is 2. The first-order chi connectivity index (χ1) is 14.1. The van der Waals surface area contributed by atoms with Gasteiger partial charge in [0.15, 0.2) is 0 Å². The van der Waals surface area contributed by atoms with Crippen LogP contribution >= 0.6 is 0 Å². The van der Waals surface area contributed by atoms with Gasteiger partial charge in [-0.05, 0) is 31.0 Å². The fourth-order valence-corrected chi connectivity index (χ4v) is 3.84. The number of hydrogen-bond donors (Lipinski definition) is 1. The van der Waals surface area contributed by atoms with E-state index >= 15 is 0 Å². The van der Waals surface area contributed by atoms with Gasteiger partial charge >= 0.3 is 6.09 Å². The summed E-state index contributed by atoms with van der Waals surface area (Å²) < 4.78 is 7.36. The van der Waals surface area contributed by atoms with Crippen molar-refractivity contribution in [2.45, 2.75) is 26.0 Å². The number of carbonyl (C=O) groups is 2. The summed E-state index contributed by atoms with van der Waals surface area (Å²) >= 11 is 0. The number of hydrogen-bond acceptors (Lipinski definition) is 4. The molecule has 0 radical (unpaired) electrons. The second kappa shape index (κ2) is 8.34. The van der Waals surface area contributed by atoms with E-state index in [-0.39, 0.29) is 25.1 Å². The number of ether oxygens (including phenoxy) is 1. The van der Waals surface area contributed by atoms with Crippen LogP contribution in [0.3, 0.4) is 0 Å². The minimum Gasteiger partial charge on any atom is -0.445 e. The van der Waals surface area contributed by atoms with Crippen LogP contribution < -0.4 is 5.32 Å². The van der Waals surface area contributed by atoms with Crippen molar-refractivity contribution in [3.63, 3.8) is 0 Å². The van der Waals surface area contributed by atoms with Crippen molar-refractivity contribution in [2.75, 3.05) is 19.6 Å². The van der Waals surface area contributed by atoms with Gasteiger partial charge in [0.25, 0.3) is 0 Å². The maximum Gasteiger partial charge on any atom is 0.407 e. The summed E-state index contributed by atoms with van der Waals surface area (Å²) in [4.78, 5) is 30.8. The van der Waals surface area contributed by atoms with E-state index in [1.54, 1.807) is 4.90 Å². The summed E-state index contributed by atoms with van der Waals surface area (Å²) in [5, 5.41) is 2.55. The fraction of sp³-hybridized carbons (Fsp3) is 0.318. The molecule has 4 rings (SSSR count). The zero-order valence-electron chi connectivity index (χ0n) is 16.4. The van der Waals surface area contributed by atoms with Crippen molar-refractivity contribution in [1.29, 1.82) is 0 Å². The zero-order valence-corrected chi connectivity index (χ0v) is 16.4. The molecule has 0 aliphatic carbocycles. The number of para-hydroxylation sites is 2. The molecule has 1 unspecified atom stereocenters. The molecule has 3 aromatic rings. The van der Waals surface area contributed by atoms with E-state index in [0.29, 0.717) is 13.1 Å². The first kappa shape index (κ1) is 19.0. The van der Waals surface area contributed by atoms with Gasteiger partial charge in [0.1, 0.15) is 19.0 Å². The number of likely N-dealkylation sites (tertiary alicyclic amines) is 1. The van der Waals surface area contributed by atoms with Crippen LogP contribution in [0.25, 0.3) is 11.0 Å². The minimum absolute atomic E-state index is 0.0655. The van der Waals surface area contributed by atoms with Crippen LogP contribution in [0.1, 0.15) is 23.9 Å². The molecule has 1 N–H and O–H groups in total. The smallest absolute Gasteiger partial charge is 0.407 e. The van der Waals surface area contributed by atoms with Crippen LogP contribution in [0.4, 0.5) is 4.79 Å². The highest BCUT2D eigenvalue weighted by Gasteiger charge is 2.29. The van der Waals surface area contributed by atoms with Gasteiger partial charge in [0.05, 0.1) is 17.1 Å². The van der Waals surface area contributed by atoms with Gasteiger partial charge < -0.3 is 19.5 Å². The number of fused-ring (bicyclic) bond motifs is 1. The van der Waals surface area contributed by atoms with E-state index in [0.717, 1.165) is 28.8 Å². The van der Waals surface area contributed by atoms with Crippen molar-refractivity contribution in [1.82, 2.24) is 19.8 Å². The van der Waals surface area contributed by atoms with Crippen molar-refractivity contribution < 1.29 is 14.3 Å². The molecule has 1 atom stereocenters. The van der Waals surface area contributed by atoms with Crippen LogP contribution in [0.15, 0.2) is 54.6 Å². The SMILES string of the molecule is Cc1nc2ccccc2n1C1CCN(C(=O)CNC(=O)OCc2ccccc2)C1. The average Bonchev–Trinajstić information content (AvgIpc) is 3.34. The Bertz CT molecular complexity index is 1020. The Hall–Kier alpha value is -3.35. The lowest BCUT2D eigenvalue weighted by atomic mass is 10.2. The topological polar surface area (TPSA) is 76.5 Å². The first-order valence-corrected chi connectivity index (χ1v) is 9.77. The quantitative estimate of drug-likeness (QED) is 0.724. The number of nitrogens with zero attached hydrogens (tertiary/aromatic N) is 3. The molecule has 7 heteroatoms. The fourth-order valence-electron chi connectivity index (χ4n) is 3.84. The third kappa shape index (κ3) is 4.23. The standard InChI is InChI=1S/C22H24N4O3/c1-16-24-19-9-5-6-10-20(19)26(16)18-11-12-25(14-18)21(27)13-23-22(28)29-15-17-7-3-2-4-8-17/h2-10,18H,11-15H2,1H3,(H,23,28). The highest BCUT2D eigenvalue weighted by atomic mass is 16.5. The van der Waals surface area contributed by atoms with Crippen LogP contribution in [-0.2, 0) is 16.1 Å². The van der Waals surface area contributed by atoms with Gasteiger partial charge in [-0.1, -0.05) is 42.5 Å². The monoisotopic (exact) mass is 392 g/mol. The number of carbonyl (C=O) groups excluding carboxylic acids is 2. The Morgan fingerprint density at radius 1 is 1.14 bits per heavy atom. The number of nitrogens with one attached hydrogen (secondary N) is 1. The van der Waals surface area contributed by atoms with E-state index < -0.39 is 6.09 Å². The molecule has 1 fully saturated rings. The van der Waals surface area contributed by atoms with E-state index in [2.05, 4.69) is 20.9 Å². The molecule has 0 spiro atoms. The lowest BCUT2D eigenvalue weighted by Crippen LogP contribution is -2.39. The zero-order chi connectivity index (χ0) is 20.2. The van der Waals surface area contributed by atoms with Crippen molar-refractivity contribution >= 4 is 23.0 Å². The van der Waals surface area contributed by atoms with Crippen LogP contribution in [0.2, 0.25) is 0 Å². The molecule has 1 saturated heterocycles. The van der Waals surface area contributed by atoms with Crippen LogP contribution in [0.5, 0.6) is 0 Å². The maximum atomic E-state index is 12.5. The summed E-state index contributed by atoms with van der Waals surface area (Å²) in [6, 6.07) is 17.7. The largest absolute Gasteiger partial charge is 0.445 e. The van der Waals surface area contributed by atoms with Gasteiger partial charge in [-0.15, -0.1) is 0 Å². The molecule has 2 amide bonds. The van der Waals surface area contributed by atoms with E-state index in [9.17, 15) is 9.59 Å². The number of aryl methyl sites for hydroxylation is 1. The highest BCUT2D eigenvalue weighted by Crippen LogP contribution is 2.27. The molecular formula is C22H24N4O3. The molecule has 0 bridgehead atoms. The molecular weight excluding hydrogens is 368 g/mol. The molecule has 29 heavy (non-hydrogen) atoms. The van der Waals surface area contributed by atoms with Crippen molar-refractivity contribution in [3.8, 4) is 0 Å². The lowest BCUT2D eigenvalue weighted by molar-refractivity contribution is -0.129. The van der Waals surface area contributed by atoms with Gasteiger partial charge in [-0.3, -0.25) is 4.79 Å². The molecule has 1 aliphatic rings. The Morgan fingerprint density at radius 2 is 1.90 bits per heavy atom. The second-order valence-corrected chi connectivity index (χ2v) is 7.22. The first-order valence-electron chi connectivity index (χ1n) is 9.77. The number of imidazole rings is 1. The molecule has 1 aromatic heterocycles. The van der Waals surface area contributed by atoms with Gasteiger partial charge in [0.2, 0.25) is 5.91 Å². The Kier molecular flexibility index (Phi) is 5.46. The maximum absolute atomic E-state index is 12.5. The normalized spacial score (nSPS) is 16.2. The third-order valence-corrected chi connectivity index (χ3v) is 5.25. The molecule has 0 saturated carbocycles. The Morgan fingerprint density at radius 3 is 2.72 bits per heavy atom. The molecule has 1 aliphatic heterocycles. The van der Waals surface area contributed by atoms with Crippen molar-refractivity contribution in [2.24, 2.45) is 0 Å². The number of amides is 2. The minimum atomic E-state index is -0.589. The van der Waals surface area contributed by atoms with Crippen molar-refractivity contribution in [3.05, 3.63) is 66.0 Å². The number of alkyl carbamates (subject to hydrolysis) is 1. The molecule has 7 nitrogen and oxygen atoms in total. The second-order valence-electron chi connectivity index (χ2n) is 7.22. The van der Waals surface area contributed by atoms with Gasteiger partial charge in [-0.25, -0.2) is 9.78 Å². The summed E-state index contributed by atoms with van der Waals surface area (Å²) in [6.07, 6.45) is 0.278. The van der Waals surface area contributed by atoms with Gasteiger partial charge in [-0.2, -0.15) is 0 Å². The summed E-state index contributed by atoms with van der Waals surface area (Å²) in [6.45, 7) is 3.38. The predicted molar refractivity (Wildman–Crippen MR) is 109 cm³/mol. The average molecular weight is 392 g/mol. The third-order valence-electron chi connectivity index (χ3n) is 5.25. The predicted octanol–water partition coefficient (Wildman–Crippen LogP) is 3.04. The summed E-state index contributed by atoms with van der Waals surface area (Å²) in [5.41, 5.74) is 2.96. The van der Waals surface area contributed by atoms with Gasteiger partial charge in [0, 0.05) is 13.1 Å². The lowest BCUT2D eigenvalue weighted by Gasteiger charge is -2.18.